The number of carbonyl (C=O) groups is 2. The van der Waals surface area contributed by atoms with Gasteiger partial charge in [-0.2, -0.15) is 0 Å². The van der Waals surface area contributed by atoms with E-state index in [1.807, 2.05) is 38.1 Å². The Morgan fingerprint density at radius 3 is 2.22 bits per heavy atom. The molecule has 0 unspecified atom stereocenters. The molecule has 0 bridgehead atoms. The van der Waals surface area contributed by atoms with Crippen LogP contribution in [0.5, 0.6) is 5.75 Å². The van der Waals surface area contributed by atoms with Crippen molar-refractivity contribution < 1.29 is 14.3 Å². The summed E-state index contributed by atoms with van der Waals surface area (Å²) in [4.78, 5) is 24.8. The first kappa shape index (κ1) is 19.2. The van der Waals surface area contributed by atoms with E-state index in [2.05, 4.69) is 10.6 Å². The second-order valence-electron chi connectivity index (χ2n) is 7.10. The van der Waals surface area contributed by atoms with Crippen molar-refractivity contribution in [1.29, 1.82) is 0 Å². The molecule has 5 nitrogen and oxygen atoms in total. The van der Waals surface area contributed by atoms with Crippen LogP contribution in [0.15, 0.2) is 48.5 Å². The molecule has 2 amide bonds. The summed E-state index contributed by atoms with van der Waals surface area (Å²) in [5.74, 6) is 0.245. The van der Waals surface area contributed by atoms with Gasteiger partial charge in [0.1, 0.15) is 17.8 Å². The molecule has 1 aliphatic rings. The Labute approximate surface area is 164 Å². The molecule has 0 aromatic heterocycles. The summed E-state index contributed by atoms with van der Waals surface area (Å²) < 4.78 is 5.73. The van der Waals surface area contributed by atoms with Gasteiger partial charge in [-0.15, -0.1) is 0 Å². The molecule has 1 saturated carbocycles. The van der Waals surface area contributed by atoms with Gasteiger partial charge in [-0.25, -0.2) is 0 Å². The Morgan fingerprint density at radius 1 is 1.04 bits per heavy atom. The minimum absolute atomic E-state index is 0.0137. The van der Waals surface area contributed by atoms with E-state index in [-0.39, 0.29) is 17.9 Å². The lowest BCUT2D eigenvalue weighted by Gasteiger charge is -2.17. The normalized spacial score (nSPS) is 14.5. The minimum atomic E-state index is -0.923. The number of nitrogens with one attached hydrogen (secondary N) is 2. The zero-order valence-corrected chi connectivity index (χ0v) is 16.2. The molecule has 0 saturated heterocycles. The molecule has 6 heteroatoms. The molecule has 0 radical (unpaired) electrons. The van der Waals surface area contributed by atoms with E-state index in [1.54, 1.807) is 24.3 Å². The van der Waals surface area contributed by atoms with Crippen molar-refractivity contribution >= 4 is 29.1 Å². The number of ether oxygens (including phenoxy) is 1. The number of amides is 2. The molecule has 0 atom stereocenters. The molecule has 2 N–H and O–H groups in total. The fraction of sp³-hybridized carbons (Fsp3) is 0.333. The van der Waals surface area contributed by atoms with Crippen molar-refractivity contribution in [2.45, 2.75) is 39.3 Å². The summed E-state index contributed by atoms with van der Waals surface area (Å²) in [6.07, 6.45) is 1.17. The van der Waals surface area contributed by atoms with Crippen LogP contribution >= 0.6 is 11.6 Å². The molecule has 0 aliphatic heterocycles. The monoisotopic (exact) mass is 386 g/mol. The zero-order chi connectivity index (χ0) is 19.4. The highest BCUT2D eigenvalue weighted by Gasteiger charge is 2.56. The summed E-state index contributed by atoms with van der Waals surface area (Å²) >= 11 is 5.87. The third-order valence-electron chi connectivity index (χ3n) is 4.47. The maximum absolute atomic E-state index is 12.5. The van der Waals surface area contributed by atoms with Crippen molar-refractivity contribution in [3.8, 4) is 5.75 Å². The van der Waals surface area contributed by atoms with Gasteiger partial charge in [0.2, 0.25) is 11.8 Å². The van der Waals surface area contributed by atoms with Crippen molar-refractivity contribution in [3.05, 3.63) is 59.1 Å². The number of hydrogen-bond acceptors (Lipinski definition) is 3. The first-order valence-electron chi connectivity index (χ1n) is 8.99. The Morgan fingerprint density at radius 2 is 1.67 bits per heavy atom. The van der Waals surface area contributed by atoms with Crippen LogP contribution in [-0.4, -0.2) is 17.9 Å². The molecular formula is C21H23ClN2O3. The van der Waals surface area contributed by atoms with Crippen LogP contribution in [0.3, 0.4) is 0 Å². The van der Waals surface area contributed by atoms with E-state index >= 15 is 0 Å². The van der Waals surface area contributed by atoms with Crippen LogP contribution < -0.4 is 15.4 Å². The zero-order valence-electron chi connectivity index (χ0n) is 15.4. The highest BCUT2D eigenvalue weighted by molar-refractivity contribution is 6.30. The first-order chi connectivity index (χ1) is 12.9. The minimum Gasteiger partial charge on any atom is -0.489 e. The standard InChI is InChI=1S/C21H23ClN2O3/c1-14(2)23-19(25)21(11-12-21)20(26)24-17-7-9-18(10-8-17)27-13-15-3-5-16(22)6-4-15/h3-10,14H,11-13H2,1-2H3,(H,23,25)(H,24,26). The predicted molar refractivity (Wildman–Crippen MR) is 106 cm³/mol. The Hall–Kier alpha value is -2.53. The van der Waals surface area contributed by atoms with E-state index in [9.17, 15) is 9.59 Å². The van der Waals surface area contributed by atoms with Gasteiger partial charge in [-0.1, -0.05) is 23.7 Å². The van der Waals surface area contributed by atoms with Gasteiger partial charge in [0.05, 0.1) is 0 Å². The maximum Gasteiger partial charge on any atom is 0.240 e. The van der Waals surface area contributed by atoms with Crippen LogP contribution in [0.25, 0.3) is 0 Å². The lowest BCUT2D eigenvalue weighted by Crippen LogP contribution is -2.42. The van der Waals surface area contributed by atoms with Crippen LogP contribution in [0.4, 0.5) is 5.69 Å². The first-order valence-corrected chi connectivity index (χ1v) is 9.36. The number of benzene rings is 2. The van der Waals surface area contributed by atoms with Crippen molar-refractivity contribution in [2.24, 2.45) is 5.41 Å². The number of carbonyl (C=O) groups excluding carboxylic acids is 2. The Bertz CT molecular complexity index is 812. The van der Waals surface area contributed by atoms with Gasteiger partial charge in [0.25, 0.3) is 0 Å². The lowest BCUT2D eigenvalue weighted by molar-refractivity contribution is -0.134. The molecule has 2 aromatic rings. The third-order valence-corrected chi connectivity index (χ3v) is 4.72. The van der Waals surface area contributed by atoms with E-state index < -0.39 is 5.41 Å². The second-order valence-corrected chi connectivity index (χ2v) is 7.54. The average Bonchev–Trinajstić information content (AvgIpc) is 3.44. The molecule has 3 rings (SSSR count). The maximum atomic E-state index is 12.5. The number of hydrogen-bond donors (Lipinski definition) is 2. The van der Waals surface area contributed by atoms with Crippen LogP contribution in [0.2, 0.25) is 5.02 Å². The molecule has 0 spiro atoms. The molecule has 2 aromatic carbocycles. The summed E-state index contributed by atoms with van der Waals surface area (Å²) in [6, 6.07) is 14.6. The fourth-order valence-electron chi connectivity index (χ4n) is 2.72. The van der Waals surface area contributed by atoms with Crippen LogP contribution in [-0.2, 0) is 16.2 Å². The van der Waals surface area contributed by atoms with E-state index in [0.29, 0.717) is 35.9 Å². The molecule has 1 fully saturated rings. The van der Waals surface area contributed by atoms with E-state index in [1.165, 1.54) is 0 Å². The molecule has 142 valence electrons. The fourth-order valence-corrected chi connectivity index (χ4v) is 2.84. The van der Waals surface area contributed by atoms with Crippen LogP contribution in [0.1, 0.15) is 32.3 Å². The highest BCUT2D eigenvalue weighted by atomic mass is 35.5. The summed E-state index contributed by atoms with van der Waals surface area (Å²) in [5, 5.41) is 6.35. The number of rotatable bonds is 7. The highest BCUT2D eigenvalue weighted by Crippen LogP contribution is 2.47. The van der Waals surface area contributed by atoms with E-state index in [0.717, 1.165) is 5.56 Å². The SMILES string of the molecule is CC(C)NC(=O)C1(C(=O)Nc2ccc(OCc3ccc(Cl)cc3)cc2)CC1. The largest absolute Gasteiger partial charge is 0.489 e. The molecular weight excluding hydrogens is 364 g/mol. The second kappa shape index (κ2) is 8.01. The number of anilines is 1. The molecule has 1 aliphatic carbocycles. The van der Waals surface area contributed by atoms with Gasteiger partial charge >= 0.3 is 0 Å². The number of halogens is 1. The molecule has 27 heavy (non-hydrogen) atoms. The van der Waals surface area contributed by atoms with Crippen molar-refractivity contribution in [3.63, 3.8) is 0 Å². The lowest BCUT2D eigenvalue weighted by atomic mass is 10.0. The summed E-state index contributed by atoms with van der Waals surface area (Å²) in [7, 11) is 0. The average molecular weight is 387 g/mol. The predicted octanol–water partition coefficient (Wildman–Crippen LogP) is 4.16. The molecule has 0 heterocycles. The quantitative estimate of drug-likeness (QED) is 0.702. The van der Waals surface area contributed by atoms with Gasteiger partial charge in [-0.3, -0.25) is 9.59 Å². The smallest absolute Gasteiger partial charge is 0.240 e. The van der Waals surface area contributed by atoms with E-state index in [4.69, 9.17) is 16.3 Å². The van der Waals surface area contributed by atoms with Gasteiger partial charge in [-0.05, 0) is 68.7 Å². The van der Waals surface area contributed by atoms with Crippen molar-refractivity contribution in [2.75, 3.05) is 5.32 Å². The summed E-state index contributed by atoms with van der Waals surface area (Å²) in [6.45, 7) is 4.20. The van der Waals surface area contributed by atoms with Gasteiger partial charge in [0, 0.05) is 16.8 Å². The van der Waals surface area contributed by atoms with Gasteiger partial charge in [0.15, 0.2) is 0 Å². The Balaban J connectivity index is 1.55. The summed E-state index contributed by atoms with van der Waals surface area (Å²) in [5.41, 5.74) is 0.736. The van der Waals surface area contributed by atoms with Gasteiger partial charge < -0.3 is 15.4 Å². The van der Waals surface area contributed by atoms with Crippen LogP contribution in [0, 0.1) is 5.41 Å². The Kier molecular flexibility index (Phi) is 5.71. The third kappa shape index (κ3) is 4.80. The van der Waals surface area contributed by atoms with Crippen molar-refractivity contribution in [1.82, 2.24) is 5.32 Å². The topological polar surface area (TPSA) is 67.4 Å².